The Hall–Kier alpha value is -2.22. The summed E-state index contributed by atoms with van der Waals surface area (Å²) in [5.74, 6) is 0.103. The zero-order valence-corrected chi connectivity index (χ0v) is 15.8. The highest BCUT2D eigenvalue weighted by Gasteiger charge is 2.13. The zero-order valence-electron chi connectivity index (χ0n) is 15.0. The maximum absolute atomic E-state index is 12.2. The summed E-state index contributed by atoms with van der Waals surface area (Å²) in [5.41, 5.74) is 1.76. The summed E-state index contributed by atoms with van der Waals surface area (Å²) in [4.78, 5) is 26.3. The van der Waals surface area contributed by atoms with Crippen LogP contribution < -0.4 is 15.9 Å². The molecule has 1 aliphatic heterocycles. The number of hydrogen-bond acceptors (Lipinski definition) is 5. The number of H-pyrrole nitrogens is 1. The first-order chi connectivity index (χ1) is 12.7. The standard InChI is InChI=1S/C18H25N5O2S/c1-2-3-12-23-17(25)20-21-18(23)26-13-16(24)19-14-6-8-15(9-7-14)22-10-4-5-11-22/h6-9H,2-5,10-13H2,1H3,(H,19,24)(H,20,25). The third-order valence-corrected chi connectivity index (χ3v) is 5.39. The van der Waals surface area contributed by atoms with E-state index in [1.807, 2.05) is 24.3 Å². The van der Waals surface area contributed by atoms with Crippen LogP contribution in [0.5, 0.6) is 0 Å². The van der Waals surface area contributed by atoms with E-state index < -0.39 is 0 Å². The highest BCUT2D eigenvalue weighted by Crippen LogP contribution is 2.22. The second kappa shape index (κ2) is 8.93. The Morgan fingerprint density at radius 1 is 1.27 bits per heavy atom. The van der Waals surface area contributed by atoms with Crippen molar-refractivity contribution in [1.82, 2.24) is 14.8 Å². The Kier molecular flexibility index (Phi) is 6.38. The molecule has 8 heteroatoms. The fourth-order valence-electron chi connectivity index (χ4n) is 2.98. The van der Waals surface area contributed by atoms with Crippen molar-refractivity contribution in [1.29, 1.82) is 0 Å². The van der Waals surface area contributed by atoms with Gasteiger partial charge in [-0.2, -0.15) is 0 Å². The molecule has 0 aliphatic carbocycles. The molecule has 1 aromatic heterocycles. The van der Waals surface area contributed by atoms with Gasteiger partial charge in [0.2, 0.25) is 5.91 Å². The molecule has 7 nitrogen and oxygen atoms in total. The number of unbranched alkanes of at least 4 members (excludes halogenated alkanes) is 1. The minimum absolute atomic E-state index is 0.110. The summed E-state index contributed by atoms with van der Waals surface area (Å²) in [6.07, 6.45) is 4.39. The predicted octanol–water partition coefficient (Wildman–Crippen LogP) is 2.70. The van der Waals surface area contributed by atoms with E-state index in [-0.39, 0.29) is 17.3 Å². The quantitative estimate of drug-likeness (QED) is 0.693. The van der Waals surface area contributed by atoms with Crippen molar-refractivity contribution < 1.29 is 4.79 Å². The molecule has 2 heterocycles. The van der Waals surface area contributed by atoms with Gasteiger partial charge in [0.25, 0.3) is 0 Å². The van der Waals surface area contributed by atoms with E-state index in [4.69, 9.17) is 0 Å². The Morgan fingerprint density at radius 3 is 2.69 bits per heavy atom. The molecule has 140 valence electrons. The number of benzene rings is 1. The summed E-state index contributed by atoms with van der Waals surface area (Å²) >= 11 is 1.27. The number of carbonyl (C=O) groups excluding carboxylic acids is 1. The maximum atomic E-state index is 12.2. The molecule has 1 saturated heterocycles. The van der Waals surface area contributed by atoms with Gasteiger partial charge in [-0.3, -0.25) is 9.36 Å². The second-order valence-corrected chi connectivity index (χ2v) is 7.34. The molecule has 0 radical (unpaired) electrons. The summed E-state index contributed by atoms with van der Waals surface area (Å²) in [5, 5.41) is 9.91. The van der Waals surface area contributed by atoms with Gasteiger partial charge in [-0.15, -0.1) is 5.10 Å². The van der Waals surface area contributed by atoms with Crippen molar-refractivity contribution in [3.8, 4) is 0 Å². The normalized spacial score (nSPS) is 14.0. The first-order valence-electron chi connectivity index (χ1n) is 9.10. The number of amides is 1. The van der Waals surface area contributed by atoms with Gasteiger partial charge >= 0.3 is 5.69 Å². The molecule has 1 amide bonds. The molecule has 0 atom stereocenters. The molecule has 0 bridgehead atoms. The molecule has 1 aliphatic rings. The van der Waals surface area contributed by atoms with Crippen LogP contribution in [0.15, 0.2) is 34.2 Å². The first kappa shape index (κ1) is 18.6. The Balaban J connectivity index is 1.52. The topological polar surface area (TPSA) is 83.0 Å². The van der Waals surface area contributed by atoms with Crippen LogP contribution in [0.4, 0.5) is 11.4 Å². The van der Waals surface area contributed by atoms with Gasteiger partial charge in [0.1, 0.15) is 0 Å². The first-order valence-corrected chi connectivity index (χ1v) is 10.1. The van der Waals surface area contributed by atoms with Gasteiger partial charge in [-0.05, 0) is 43.5 Å². The van der Waals surface area contributed by atoms with Gasteiger partial charge in [-0.1, -0.05) is 25.1 Å². The monoisotopic (exact) mass is 375 g/mol. The number of hydrogen-bond donors (Lipinski definition) is 2. The minimum atomic E-state index is -0.223. The largest absolute Gasteiger partial charge is 0.372 e. The van der Waals surface area contributed by atoms with E-state index >= 15 is 0 Å². The van der Waals surface area contributed by atoms with Crippen LogP contribution in [0, 0.1) is 0 Å². The lowest BCUT2D eigenvalue weighted by Gasteiger charge is -2.17. The zero-order chi connectivity index (χ0) is 18.4. The van der Waals surface area contributed by atoms with Crippen LogP contribution in [0.25, 0.3) is 0 Å². The minimum Gasteiger partial charge on any atom is -0.372 e. The van der Waals surface area contributed by atoms with Crippen molar-refractivity contribution in [3.63, 3.8) is 0 Å². The average Bonchev–Trinajstić information content (AvgIpc) is 3.29. The molecule has 26 heavy (non-hydrogen) atoms. The van der Waals surface area contributed by atoms with Crippen molar-refractivity contribution in [2.24, 2.45) is 0 Å². The van der Waals surface area contributed by atoms with E-state index in [0.29, 0.717) is 11.7 Å². The van der Waals surface area contributed by atoms with Crippen LogP contribution in [0.1, 0.15) is 32.6 Å². The highest BCUT2D eigenvalue weighted by atomic mass is 32.2. The van der Waals surface area contributed by atoms with Crippen molar-refractivity contribution in [2.45, 2.75) is 44.3 Å². The Bertz CT molecular complexity index is 778. The highest BCUT2D eigenvalue weighted by molar-refractivity contribution is 7.99. The summed E-state index contributed by atoms with van der Waals surface area (Å²) in [6, 6.07) is 7.96. The molecule has 0 saturated carbocycles. The van der Waals surface area contributed by atoms with Gasteiger partial charge in [-0.25, -0.2) is 9.89 Å². The second-order valence-electron chi connectivity index (χ2n) is 6.39. The average molecular weight is 375 g/mol. The summed E-state index contributed by atoms with van der Waals surface area (Å²) < 4.78 is 1.59. The molecule has 2 aromatic rings. The molecule has 2 N–H and O–H groups in total. The van der Waals surface area contributed by atoms with E-state index in [1.165, 1.54) is 30.3 Å². The van der Waals surface area contributed by atoms with E-state index in [1.54, 1.807) is 4.57 Å². The van der Waals surface area contributed by atoms with Crippen molar-refractivity contribution in [2.75, 3.05) is 29.1 Å². The van der Waals surface area contributed by atoms with Crippen LogP contribution in [0.2, 0.25) is 0 Å². The number of thioether (sulfide) groups is 1. The fourth-order valence-corrected chi connectivity index (χ4v) is 3.76. The molecule has 1 fully saturated rings. The third kappa shape index (κ3) is 4.69. The fraction of sp³-hybridized carbons (Fsp3) is 0.500. The lowest BCUT2D eigenvalue weighted by Crippen LogP contribution is -2.19. The van der Waals surface area contributed by atoms with Crippen molar-refractivity contribution in [3.05, 3.63) is 34.7 Å². The Morgan fingerprint density at radius 2 is 2.00 bits per heavy atom. The van der Waals surface area contributed by atoms with Crippen LogP contribution in [-0.2, 0) is 11.3 Å². The Labute approximate surface area is 157 Å². The lowest BCUT2D eigenvalue weighted by atomic mass is 10.2. The number of nitrogens with zero attached hydrogens (tertiary/aromatic N) is 3. The van der Waals surface area contributed by atoms with E-state index in [9.17, 15) is 9.59 Å². The molecular weight excluding hydrogens is 350 g/mol. The van der Waals surface area contributed by atoms with Crippen LogP contribution in [0.3, 0.4) is 0 Å². The van der Waals surface area contributed by atoms with Crippen LogP contribution >= 0.6 is 11.8 Å². The third-order valence-electron chi connectivity index (χ3n) is 4.41. The van der Waals surface area contributed by atoms with E-state index in [2.05, 4.69) is 27.3 Å². The van der Waals surface area contributed by atoms with Gasteiger partial charge in [0.05, 0.1) is 5.75 Å². The number of aromatic amines is 1. The van der Waals surface area contributed by atoms with Crippen molar-refractivity contribution >= 4 is 29.0 Å². The number of anilines is 2. The summed E-state index contributed by atoms with van der Waals surface area (Å²) in [6.45, 7) is 4.89. The summed E-state index contributed by atoms with van der Waals surface area (Å²) in [7, 11) is 0. The maximum Gasteiger partial charge on any atom is 0.343 e. The molecule has 1 aromatic carbocycles. The molecule has 0 spiro atoms. The SMILES string of the molecule is CCCCn1c(SCC(=O)Nc2ccc(N3CCCC3)cc2)n[nH]c1=O. The number of aromatic nitrogens is 3. The number of carbonyl (C=O) groups is 1. The van der Waals surface area contributed by atoms with E-state index in [0.717, 1.165) is 31.6 Å². The number of rotatable bonds is 8. The van der Waals surface area contributed by atoms with Gasteiger partial charge < -0.3 is 10.2 Å². The predicted molar refractivity (Wildman–Crippen MR) is 105 cm³/mol. The lowest BCUT2D eigenvalue weighted by molar-refractivity contribution is -0.113. The molecule has 0 unspecified atom stereocenters. The van der Waals surface area contributed by atoms with Crippen LogP contribution in [-0.4, -0.2) is 39.5 Å². The van der Waals surface area contributed by atoms with Gasteiger partial charge in [0, 0.05) is 31.0 Å². The molecule has 3 rings (SSSR count). The van der Waals surface area contributed by atoms with Gasteiger partial charge in [0.15, 0.2) is 5.16 Å². The molecular formula is C18H25N5O2S. The smallest absolute Gasteiger partial charge is 0.343 e. The number of nitrogens with one attached hydrogen (secondary N) is 2.